The number of amides is 1. The first kappa shape index (κ1) is 19.0. The van der Waals surface area contributed by atoms with Gasteiger partial charge in [-0.15, -0.1) is 0 Å². The molecule has 0 bridgehead atoms. The van der Waals surface area contributed by atoms with E-state index in [0.717, 1.165) is 11.1 Å². The van der Waals surface area contributed by atoms with Crippen LogP contribution in [0.3, 0.4) is 0 Å². The lowest BCUT2D eigenvalue weighted by Crippen LogP contribution is -2.14. The molecule has 28 heavy (non-hydrogen) atoms. The summed E-state index contributed by atoms with van der Waals surface area (Å²) in [7, 11) is 1.32. The van der Waals surface area contributed by atoms with Crippen LogP contribution in [0, 0.1) is 25.7 Å². The molecule has 3 rings (SSSR count). The number of ether oxygens (including phenoxy) is 1. The molecular weight excluding hydrogens is 352 g/mol. The zero-order valence-corrected chi connectivity index (χ0v) is 15.9. The summed E-state index contributed by atoms with van der Waals surface area (Å²) in [5, 5.41) is 2.85. The van der Waals surface area contributed by atoms with Crippen molar-refractivity contribution in [2.45, 2.75) is 13.8 Å². The minimum atomic E-state index is -0.469. The summed E-state index contributed by atoms with van der Waals surface area (Å²) < 4.78 is 4.78. The number of hydrogen-bond acceptors (Lipinski definition) is 3. The molecule has 0 unspecified atom stereocenters. The van der Waals surface area contributed by atoms with Crippen molar-refractivity contribution in [3.8, 4) is 11.8 Å². The summed E-state index contributed by atoms with van der Waals surface area (Å²) in [4.78, 5) is 27.5. The molecule has 0 aliphatic heterocycles. The van der Waals surface area contributed by atoms with Crippen molar-refractivity contribution in [2.75, 3.05) is 12.4 Å². The highest BCUT2D eigenvalue weighted by atomic mass is 16.5. The number of nitrogens with one attached hydrogen (secondary N) is 2. The Hall–Kier alpha value is -3.78. The van der Waals surface area contributed by atoms with Crippen LogP contribution in [0.5, 0.6) is 0 Å². The first-order valence-electron chi connectivity index (χ1n) is 8.75. The Bertz CT molecular complexity index is 1090. The predicted molar refractivity (Wildman–Crippen MR) is 108 cm³/mol. The number of esters is 1. The molecule has 0 atom stereocenters. The molecule has 3 aromatic rings. The zero-order valence-electron chi connectivity index (χ0n) is 15.9. The second kappa shape index (κ2) is 8.28. The van der Waals surface area contributed by atoms with Crippen LogP contribution < -0.4 is 5.32 Å². The van der Waals surface area contributed by atoms with Crippen molar-refractivity contribution >= 4 is 17.6 Å². The van der Waals surface area contributed by atoms with Gasteiger partial charge in [0.2, 0.25) is 0 Å². The molecule has 0 saturated carbocycles. The zero-order chi connectivity index (χ0) is 20.1. The predicted octanol–water partition coefficient (Wildman–Crippen LogP) is 4.07. The minimum Gasteiger partial charge on any atom is -0.465 e. The van der Waals surface area contributed by atoms with E-state index in [1.165, 1.54) is 7.11 Å². The summed E-state index contributed by atoms with van der Waals surface area (Å²) in [6.07, 6.45) is 0. The average Bonchev–Trinajstić information content (AvgIpc) is 3.01. The number of H-pyrrole nitrogens is 1. The van der Waals surface area contributed by atoms with E-state index in [4.69, 9.17) is 4.74 Å². The van der Waals surface area contributed by atoms with E-state index in [1.54, 1.807) is 26.0 Å². The van der Waals surface area contributed by atoms with E-state index in [1.807, 2.05) is 42.5 Å². The number of carbonyl (C=O) groups excluding carboxylic acids is 2. The molecule has 0 spiro atoms. The molecule has 0 aliphatic carbocycles. The van der Waals surface area contributed by atoms with E-state index in [-0.39, 0.29) is 5.91 Å². The van der Waals surface area contributed by atoms with Crippen LogP contribution in [0.4, 0.5) is 5.69 Å². The Morgan fingerprint density at radius 1 is 0.964 bits per heavy atom. The lowest BCUT2D eigenvalue weighted by Gasteiger charge is -2.05. The van der Waals surface area contributed by atoms with Crippen molar-refractivity contribution in [3.05, 3.63) is 88.2 Å². The Morgan fingerprint density at radius 2 is 1.64 bits per heavy atom. The van der Waals surface area contributed by atoms with Gasteiger partial charge in [0, 0.05) is 22.5 Å². The number of carbonyl (C=O) groups is 2. The topological polar surface area (TPSA) is 71.2 Å². The summed E-state index contributed by atoms with van der Waals surface area (Å²) in [5.41, 5.74) is 4.20. The van der Waals surface area contributed by atoms with Gasteiger partial charge in [0.1, 0.15) is 5.69 Å². The second-order valence-electron chi connectivity index (χ2n) is 6.27. The van der Waals surface area contributed by atoms with Crippen molar-refractivity contribution in [3.63, 3.8) is 0 Å². The van der Waals surface area contributed by atoms with Crippen molar-refractivity contribution < 1.29 is 14.3 Å². The number of aromatic nitrogens is 1. The van der Waals surface area contributed by atoms with Crippen LogP contribution in [0.15, 0.2) is 54.6 Å². The quantitative estimate of drug-likeness (QED) is 0.538. The van der Waals surface area contributed by atoms with Gasteiger partial charge in [0.25, 0.3) is 5.91 Å². The Labute approximate surface area is 163 Å². The first-order valence-corrected chi connectivity index (χ1v) is 8.75. The van der Waals surface area contributed by atoms with Gasteiger partial charge in [-0.3, -0.25) is 4.79 Å². The van der Waals surface area contributed by atoms with E-state index >= 15 is 0 Å². The molecule has 2 N–H and O–H groups in total. The van der Waals surface area contributed by atoms with Gasteiger partial charge in [0.05, 0.1) is 12.7 Å². The molecule has 0 radical (unpaired) electrons. The molecule has 2 aromatic carbocycles. The molecule has 1 amide bonds. The number of aromatic amines is 1. The summed E-state index contributed by atoms with van der Waals surface area (Å²) >= 11 is 0. The highest BCUT2D eigenvalue weighted by Crippen LogP contribution is 2.20. The largest absolute Gasteiger partial charge is 0.465 e. The van der Waals surface area contributed by atoms with E-state index in [0.29, 0.717) is 28.2 Å². The molecule has 5 nitrogen and oxygen atoms in total. The van der Waals surface area contributed by atoms with Crippen LogP contribution in [-0.2, 0) is 4.74 Å². The van der Waals surface area contributed by atoms with E-state index in [9.17, 15) is 9.59 Å². The molecule has 0 saturated heterocycles. The molecule has 140 valence electrons. The summed E-state index contributed by atoms with van der Waals surface area (Å²) in [5.74, 6) is 5.38. The van der Waals surface area contributed by atoms with Crippen LogP contribution in [0.25, 0.3) is 0 Å². The second-order valence-corrected chi connectivity index (χ2v) is 6.27. The average molecular weight is 372 g/mol. The minimum absolute atomic E-state index is 0.330. The number of hydrogen-bond donors (Lipinski definition) is 2. The lowest BCUT2D eigenvalue weighted by atomic mass is 10.1. The number of rotatable bonds is 3. The summed E-state index contributed by atoms with van der Waals surface area (Å²) in [6.45, 7) is 3.45. The van der Waals surface area contributed by atoms with Crippen molar-refractivity contribution in [1.82, 2.24) is 4.98 Å². The van der Waals surface area contributed by atoms with Gasteiger partial charge < -0.3 is 15.0 Å². The maximum Gasteiger partial charge on any atom is 0.339 e. The molecule has 0 fully saturated rings. The lowest BCUT2D eigenvalue weighted by molar-refractivity contribution is 0.0599. The van der Waals surface area contributed by atoms with Gasteiger partial charge >= 0.3 is 5.97 Å². The number of anilines is 1. The Morgan fingerprint density at radius 3 is 2.36 bits per heavy atom. The molecule has 1 aromatic heterocycles. The third kappa shape index (κ3) is 4.13. The standard InChI is InChI=1S/C23H20N2O3/c1-15-20(23(27)28-3)16(2)24-21(15)22(26)25-19-11-7-10-18(14-19)13-12-17-8-5-4-6-9-17/h4-11,14,24H,1-3H3,(H,25,26). The molecule has 1 heterocycles. The first-order chi connectivity index (χ1) is 13.5. The third-order valence-corrected chi connectivity index (χ3v) is 4.30. The van der Waals surface area contributed by atoms with Gasteiger partial charge in [0.15, 0.2) is 0 Å². The fourth-order valence-electron chi connectivity index (χ4n) is 2.92. The fraction of sp³-hybridized carbons (Fsp3) is 0.130. The summed E-state index contributed by atoms with van der Waals surface area (Å²) in [6, 6.07) is 17.0. The number of aryl methyl sites for hydroxylation is 1. The molecule has 0 aliphatic rings. The highest BCUT2D eigenvalue weighted by Gasteiger charge is 2.22. The number of benzene rings is 2. The van der Waals surface area contributed by atoms with Gasteiger partial charge in [-0.1, -0.05) is 36.1 Å². The highest BCUT2D eigenvalue weighted by molar-refractivity contribution is 6.06. The van der Waals surface area contributed by atoms with Crippen LogP contribution in [0.2, 0.25) is 0 Å². The van der Waals surface area contributed by atoms with Crippen LogP contribution in [-0.4, -0.2) is 24.0 Å². The monoisotopic (exact) mass is 372 g/mol. The smallest absolute Gasteiger partial charge is 0.339 e. The number of methoxy groups -OCH3 is 1. The van der Waals surface area contributed by atoms with E-state index < -0.39 is 5.97 Å². The van der Waals surface area contributed by atoms with Gasteiger partial charge in [-0.2, -0.15) is 0 Å². The normalized spacial score (nSPS) is 9.96. The van der Waals surface area contributed by atoms with Crippen molar-refractivity contribution in [2.24, 2.45) is 0 Å². The van der Waals surface area contributed by atoms with Gasteiger partial charge in [-0.25, -0.2) is 4.79 Å². The van der Waals surface area contributed by atoms with Crippen LogP contribution in [0.1, 0.15) is 43.2 Å². The Kier molecular flexibility index (Phi) is 5.61. The SMILES string of the molecule is COC(=O)c1c(C)[nH]c(C(=O)Nc2cccc(C#Cc3ccccc3)c2)c1C. The fourth-order valence-corrected chi connectivity index (χ4v) is 2.92. The maximum absolute atomic E-state index is 12.7. The van der Waals surface area contributed by atoms with Crippen LogP contribution >= 0.6 is 0 Å². The maximum atomic E-state index is 12.7. The van der Waals surface area contributed by atoms with Crippen molar-refractivity contribution in [1.29, 1.82) is 0 Å². The Balaban J connectivity index is 1.81. The third-order valence-electron chi connectivity index (χ3n) is 4.30. The van der Waals surface area contributed by atoms with Gasteiger partial charge in [-0.05, 0) is 49.7 Å². The molecular formula is C23H20N2O3. The molecule has 5 heteroatoms. The van der Waals surface area contributed by atoms with E-state index in [2.05, 4.69) is 22.1 Å².